The first-order valence-electron chi connectivity index (χ1n) is 13.9. The van der Waals surface area contributed by atoms with Gasteiger partial charge in [-0.2, -0.15) is 5.10 Å². The normalized spacial score (nSPS) is 15.6. The number of rotatable bonds is 6. The molecule has 43 heavy (non-hydrogen) atoms. The van der Waals surface area contributed by atoms with Crippen LogP contribution in [0.2, 0.25) is 0 Å². The molecule has 0 bridgehead atoms. The van der Waals surface area contributed by atoms with Crippen LogP contribution in [0.25, 0.3) is 16.7 Å². The van der Waals surface area contributed by atoms with E-state index in [1.54, 1.807) is 28.9 Å². The van der Waals surface area contributed by atoms with Crippen molar-refractivity contribution in [3.05, 3.63) is 79.3 Å². The summed E-state index contributed by atoms with van der Waals surface area (Å²) in [6.45, 7) is 13.6. The molecule has 1 saturated heterocycles. The first-order valence-corrected chi connectivity index (χ1v) is 13.9. The Balaban J connectivity index is 1.26. The third-order valence-corrected chi connectivity index (χ3v) is 7.63. The van der Waals surface area contributed by atoms with Crippen molar-refractivity contribution < 1.29 is 13.9 Å². The summed E-state index contributed by atoms with van der Waals surface area (Å²) in [5.41, 5.74) is 2.55. The van der Waals surface area contributed by atoms with Crippen LogP contribution in [-0.2, 0) is 4.79 Å². The number of anilines is 3. The number of aromatic nitrogens is 6. The van der Waals surface area contributed by atoms with Gasteiger partial charge in [-0.3, -0.25) is 4.79 Å². The second-order valence-electron chi connectivity index (χ2n) is 11.6. The highest BCUT2D eigenvalue weighted by atomic mass is 19.1. The molecule has 12 heteroatoms. The van der Waals surface area contributed by atoms with Crippen LogP contribution in [-0.4, -0.2) is 66.0 Å². The average Bonchev–Trinajstić information content (AvgIpc) is 3.46. The number of hydrogen-bond donors (Lipinski definition) is 1. The van der Waals surface area contributed by atoms with Crippen molar-refractivity contribution in [2.75, 3.05) is 29.9 Å². The molecule has 11 nitrogen and oxygen atoms in total. The van der Waals surface area contributed by atoms with Crippen molar-refractivity contribution in [1.29, 1.82) is 0 Å². The quantitative estimate of drug-likeness (QED) is 0.267. The average molecular weight is 582 g/mol. The lowest BCUT2D eigenvalue weighted by Crippen LogP contribution is -2.59. The zero-order valence-corrected chi connectivity index (χ0v) is 24.5. The molecular weight excluding hydrogens is 549 g/mol. The highest BCUT2D eigenvalue weighted by Crippen LogP contribution is 2.34. The number of aryl methyl sites for hydroxylation is 1. The molecule has 0 saturated carbocycles. The number of benzene rings is 1. The molecule has 4 aromatic heterocycles. The van der Waals surface area contributed by atoms with E-state index in [4.69, 9.17) is 9.72 Å². The predicted octanol–water partition coefficient (Wildman–Crippen LogP) is 5.30. The topological polar surface area (TPSA) is 114 Å². The van der Waals surface area contributed by atoms with Gasteiger partial charge in [0.2, 0.25) is 5.91 Å². The molecule has 1 N–H and O–H groups in total. The molecule has 1 aromatic carbocycles. The van der Waals surface area contributed by atoms with Crippen molar-refractivity contribution in [1.82, 2.24) is 34.4 Å². The third kappa shape index (κ3) is 5.55. The Morgan fingerprint density at radius 3 is 2.74 bits per heavy atom. The fourth-order valence-electron chi connectivity index (χ4n) is 5.29. The molecule has 0 radical (unpaired) electrons. The van der Waals surface area contributed by atoms with Gasteiger partial charge < -0.3 is 19.9 Å². The Labute approximate surface area is 248 Å². The molecule has 1 aliphatic heterocycles. The van der Waals surface area contributed by atoms with Crippen LogP contribution in [0.3, 0.4) is 0 Å². The molecule has 5 aromatic rings. The number of amides is 1. The minimum absolute atomic E-state index is 0.0371. The van der Waals surface area contributed by atoms with Crippen molar-refractivity contribution in [2.24, 2.45) is 5.41 Å². The number of piperazine rings is 1. The zero-order valence-electron chi connectivity index (χ0n) is 24.5. The van der Waals surface area contributed by atoms with E-state index in [1.165, 1.54) is 24.8 Å². The standard InChI is InChI=1S/C31H32FN9O2/c1-6-28(42)40-12-11-39(16-25(40)31(3,4)5)26-8-7-22-29(38-26)30(35-17-33-22)37-23-13-19(2)24(15-21(23)32)43-20-9-10-41-27(14-20)34-18-36-41/h6-10,13-15,17-18,25H,1,11-12,16H2,2-5H3,(H,33,35,37). The molecule has 0 aliphatic carbocycles. The maximum absolute atomic E-state index is 15.4. The molecule has 0 spiro atoms. The summed E-state index contributed by atoms with van der Waals surface area (Å²) in [5.74, 6) is 1.42. The van der Waals surface area contributed by atoms with Crippen LogP contribution in [0.15, 0.2) is 67.9 Å². The number of carbonyl (C=O) groups excluding carboxylic acids is 1. The van der Waals surface area contributed by atoms with E-state index < -0.39 is 5.82 Å². The summed E-state index contributed by atoms with van der Waals surface area (Å²) < 4.78 is 23.0. The number of halogens is 1. The zero-order chi connectivity index (χ0) is 30.3. The maximum atomic E-state index is 15.4. The van der Waals surface area contributed by atoms with Crippen LogP contribution in [0.1, 0.15) is 26.3 Å². The maximum Gasteiger partial charge on any atom is 0.246 e. The molecule has 1 atom stereocenters. The van der Waals surface area contributed by atoms with Crippen molar-refractivity contribution in [3.8, 4) is 11.5 Å². The largest absolute Gasteiger partial charge is 0.457 e. The molecule has 220 valence electrons. The monoisotopic (exact) mass is 581 g/mol. The smallest absolute Gasteiger partial charge is 0.246 e. The van der Waals surface area contributed by atoms with Crippen molar-refractivity contribution in [3.63, 3.8) is 0 Å². The number of nitrogens with one attached hydrogen (secondary N) is 1. The predicted molar refractivity (Wildman–Crippen MR) is 162 cm³/mol. The lowest BCUT2D eigenvalue weighted by Gasteiger charge is -2.47. The van der Waals surface area contributed by atoms with Crippen LogP contribution >= 0.6 is 0 Å². The van der Waals surface area contributed by atoms with Gasteiger partial charge in [-0.15, -0.1) is 0 Å². The number of ether oxygens (including phenoxy) is 1. The first kappa shape index (κ1) is 28.0. The van der Waals surface area contributed by atoms with Gasteiger partial charge in [0.15, 0.2) is 11.5 Å². The number of carbonyl (C=O) groups is 1. The fraction of sp³-hybridized carbons (Fsp3) is 0.290. The van der Waals surface area contributed by atoms with Crippen molar-refractivity contribution >= 4 is 39.9 Å². The summed E-state index contributed by atoms with van der Waals surface area (Å²) >= 11 is 0. The number of nitrogens with zero attached hydrogens (tertiary/aromatic N) is 8. The Morgan fingerprint density at radius 1 is 1.12 bits per heavy atom. The summed E-state index contributed by atoms with van der Waals surface area (Å²) in [6, 6.07) is 10.2. The van der Waals surface area contributed by atoms with Gasteiger partial charge in [0.1, 0.15) is 41.3 Å². The highest BCUT2D eigenvalue weighted by Gasteiger charge is 2.37. The number of hydrogen-bond acceptors (Lipinski definition) is 9. The molecular formula is C31H32FN9O2. The minimum Gasteiger partial charge on any atom is -0.457 e. The van der Waals surface area contributed by atoms with Crippen molar-refractivity contribution in [2.45, 2.75) is 33.7 Å². The van der Waals surface area contributed by atoms with Crippen LogP contribution in [0.4, 0.5) is 21.7 Å². The van der Waals surface area contributed by atoms with Crippen LogP contribution < -0.4 is 15.0 Å². The second kappa shape index (κ2) is 10.9. The molecule has 1 amide bonds. The van der Waals surface area contributed by atoms with Crippen LogP contribution in [0.5, 0.6) is 11.5 Å². The van der Waals surface area contributed by atoms with E-state index in [1.807, 2.05) is 24.0 Å². The molecule has 1 unspecified atom stereocenters. The number of pyridine rings is 2. The van der Waals surface area contributed by atoms with Gasteiger partial charge in [0.05, 0.1) is 17.2 Å². The first-order chi connectivity index (χ1) is 20.6. The lowest BCUT2D eigenvalue weighted by atomic mass is 9.84. The SMILES string of the molecule is C=CC(=O)N1CCN(c2ccc3ncnc(Nc4cc(C)c(Oc5ccn6ncnc6c5)cc4F)c3n2)CC1C(C)(C)C. The molecule has 5 heterocycles. The molecule has 6 rings (SSSR count). The molecule has 1 fully saturated rings. The van der Waals surface area contributed by atoms with E-state index in [2.05, 4.69) is 57.6 Å². The van der Waals surface area contributed by atoms with Gasteiger partial charge >= 0.3 is 0 Å². The Kier molecular flexibility index (Phi) is 7.12. The second-order valence-corrected chi connectivity index (χ2v) is 11.6. The summed E-state index contributed by atoms with van der Waals surface area (Å²) in [7, 11) is 0. The fourth-order valence-corrected chi connectivity index (χ4v) is 5.29. The highest BCUT2D eigenvalue weighted by molar-refractivity contribution is 5.89. The van der Waals surface area contributed by atoms with E-state index >= 15 is 4.39 Å². The van der Waals surface area contributed by atoms with Gasteiger partial charge in [-0.1, -0.05) is 27.4 Å². The van der Waals surface area contributed by atoms with Crippen LogP contribution in [0, 0.1) is 18.2 Å². The van der Waals surface area contributed by atoms with Gasteiger partial charge in [-0.05, 0) is 48.2 Å². The van der Waals surface area contributed by atoms with E-state index in [0.717, 1.165) is 11.4 Å². The van der Waals surface area contributed by atoms with Gasteiger partial charge in [0, 0.05) is 38.0 Å². The Bertz CT molecular complexity index is 1850. The summed E-state index contributed by atoms with van der Waals surface area (Å²) in [5, 5.41) is 7.19. The van der Waals surface area contributed by atoms with E-state index in [-0.39, 0.29) is 23.1 Å². The third-order valence-electron chi connectivity index (χ3n) is 7.63. The summed E-state index contributed by atoms with van der Waals surface area (Å²) in [6.07, 6.45) is 5.97. The minimum atomic E-state index is -0.511. The molecule has 1 aliphatic rings. The number of fused-ring (bicyclic) bond motifs is 2. The van der Waals surface area contributed by atoms with E-state index in [0.29, 0.717) is 53.6 Å². The Morgan fingerprint density at radius 2 is 1.95 bits per heavy atom. The van der Waals surface area contributed by atoms with Gasteiger partial charge in [-0.25, -0.2) is 28.8 Å². The summed E-state index contributed by atoms with van der Waals surface area (Å²) in [4.78, 5) is 34.4. The Hall–Kier alpha value is -5.13. The van der Waals surface area contributed by atoms with E-state index in [9.17, 15) is 4.79 Å². The van der Waals surface area contributed by atoms with Gasteiger partial charge in [0.25, 0.3) is 0 Å². The lowest BCUT2D eigenvalue weighted by molar-refractivity contribution is -0.131.